The molecule has 9 heteroatoms. The molecular weight excluding hydrogens is 394 g/mol. The number of hydrogen-bond acceptors (Lipinski definition) is 6. The van der Waals surface area contributed by atoms with E-state index in [-0.39, 0.29) is 17.1 Å². The minimum Gasteiger partial charge on any atom is -0.422 e. The predicted octanol–water partition coefficient (Wildman–Crippen LogP) is 3.96. The number of aromatic nitrogens is 2. The van der Waals surface area contributed by atoms with Gasteiger partial charge in [0.15, 0.2) is 0 Å². The molecule has 29 heavy (non-hydrogen) atoms. The first-order valence-electron chi connectivity index (χ1n) is 8.58. The highest BCUT2D eigenvalue weighted by Crippen LogP contribution is 2.45. The van der Waals surface area contributed by atoms with Crippen LogP contribution in [0.15, 0.2) is 60.0 Å². The van der Waals surface area contributed by atoms with Crippen LogP contribution in [0.2, 0.25) is 5.02 Å². The third kappa shape index (κ3) is 3.07. The van der Waals surface area contributed by atoms with E-state index in [1.165, 1.54) is 12.1 Å². The standard InChI is InChI=1S/C20H14ClN5O3/c1-11-17-18(12-4-2-7-15(8-12)26(27)28)16(10-22)19(23)29-20(17)25(24-11)14-6-3-5-13(21)9-14/h2-9,18H,23H2,1H3. The molecular formula is C20H14ClN5O3. The molecule has 1 unspecified atom stereocenters. The van der Waals surface area contributed by atoms with Gasteiger partial charge in [-0.25, -0.2) is 4.68 Å². The van der Waals surface area contributed by atoms with Crippen LogP contribution in [0.25, 0.3) is 5.69 Å². The van der Waals surface area contributed by atoms with Crippen molar-refractivity contribution in [3.63, 3.8) is 0 Å². The Morgan fingerprint density at radius 1 is 1.31 bits per heavy atom. The summed E-state index contributed by atoms with van der Waals surface area (Å²) in [6, 6.07) is 15.2. The number of allylic oxidation sites excluding steroid dienone is 1. The number of aryl methyl sites for hydroxylation is 1. The third-order valence-corrected chi connectivity index (χ3v) is 4.93. The number of nitrogens with two attached hydrogens (primary N) is 1. The van der Waals surface area contributed by atoms with Gasteiger partial charge in [0.25, 0.3) is 5.69 Å². The maximum absolute atomic E-state index is 11.2. The van der Waals surface area contributed by atoms with Crippen molar-refractivity contribution in [2.75, 3.05) is 0 Å². The van der Waals surface area contributed by atoms with Gasteiger partial charge in [-0.2, -0.15) is 10.4 Å². The van der Waals surface area contributed by atoms with E-state index in [2.05, 4.69) is 11.2 Å². The first kappa shape index (κ1) is 18.5. The molecule has 1 aliphatic heterocycles. The molecule has 0 bridgehead atoms. The van der Waals surface area contributed by atoms with Gasteiger partial charge in [0.05, 0.1) is 27.8 Å². The second kappa shape index (κ2) is 6.96. The number of hydrogen-bond donors (Lipinski definition) is 1. The van der Waals surface area contributed by atoms with E-state index in [0.717, 1.165) is 0 Å². The van der Waals surface area contributed by atoms with E-state index in [4.69, 9.17) is 22.1 Å². The molecule has 1 aromatic heterocycles. The van der Waals surface area contributed by atoms with Crippen molar-refractivity contribution in [1.29, 1.82) is 5.26 Å². The normalized spacial score (nSPS) is 15.4. The summed E-state index contributed by atoms with van der Waals surface area (Å²) in [5.74, 6) is -0.367. The Labute approximate surface area is 170 Å². The summed E-state index contributed by atoms with van der Waals surface area (Å²) in [6.45, 7) is 1.78. The van der Waals surface area contributed by atoms with E-state index in [0.29, 0.717) is 33.4 Å². The van der Waals surface area contributed by atoms with Gasteiger partial charge in [0.2, 0.25) is 11.8 Å². The van der Waals surface area contributed by atoms with Gasteiger partial charge >= 0.3 is 0 Å². The first-order valence-corrected chi connectivity index (χ1v) is 8.96. The molecule has 144 valence electrons. The molecule has 1 aliphatic rings. The Balaban J connectivity index is 1.96. The van der Waals surface area contributed by atoms with Gasteiger partial charge in [-0.15, -0.1) is 0 Å². The molecule has 0 spiro atoms. The Morgan fingerprint density at radius 3 is 2.76 bits per heavy atom. The number of nitriles is 1. The molecule has 2 heterocycles. The van der Waals surface area contributed by atoms with Crippen molar-refractivity contribution in [2.24, 2.45) is 5.73 Å². The molecule has 2 N–H and O–H groups in total. The number of fused-ring (bicyclic) bond motifs is 1. The average molecular weight is 408 g/mol. The fraction of sp³-hybridized carbons (Fsp3) is 0.100. The second-order valence-corrected chi connectivity index (χ2v) is 6.91. The highest BCUT2D eigenvalue weighted by atomic mass is 35.5. The van der Waals surface area contributed by atoms with Crippen LogP contribution < -0.4 is 10.5 Å². The first-order chi connectivity index (χ1) is 13.9. The van der Waals surface area contributed by atoms with Gasteiger partial charge in [-0.3, -0.25) is 10.1 Å². The zero-order valence-corrected chi connectivity index (χ0v) is 15.9. The zero-order valence-electron chi connectivity index (χ0n) is 15.2. The molecule has 1 atom stereocenters. The average Bonchev–Trinajstić information content (AvgIpc) is 3.03. The maximum Gasteiger partial charge on any atom is 0.269 e. The van der Waals surface area contributed by atoms with Crippen LogP contribution in [0, 0.1) is 28.4 Å². The third-order valence-electron chi connectivity index (χ3n) is 4.70. The van der Waals surface area contributed by atoms with Gasteiger partial charge < -0.3 is 10.5 Å². The van der Waals surface area contributed by atoms with Crippen LogP contribution >= 0.6 is 11.6 Å². The Morgan fingerprint density at radius 2 is 2.07 bits per heavy atom. The van der Waals surface area contributed by atoms with Crippen LogP contribution in [0.5, 0.6) is 5.88 Å². The van der Waals surface area contributed by atoms with Gasteiger partial charge in [-0.05, 0) is 30.7 Å². The number of nitrogens with zero attached hydrogens (tertiary/aromatic N) is 4. The summed E-state index contributed by atoms with van der Waals surface area (Å²) >= 11 is 6.11. The minimum absolute atomic E-state index is 0.0697. The van der Waals surface area contributed by atoms with E-state index >= 15 is 0 Å². The van der Waals surface area contributed by atoms with Crippen LogP contribution in [0.3, 0.4) is 0 Å². The lowest BCUT2D eigenvalue weighted by molar-refractivity contribution is -0.384. The van der Waals surface area contributed by atoms with Gasteiger partial charge in [-0.1, -0.05) is 29.8 Å². The lowest BCUT2D eigenvalue weighted by Crippen LogP contribution is -2.22. The highest BCUT2D eigenvalue weighted by molar-refractivity contribution is 6.30. The van der Waals surface area contributed by atoms with Crippen molar-refractivity contribution < 1.29 is 9.66 Å². The Hall–Kier alpha value is -3.83. The summed E-state index contributed by atoms with van der Waals surface area (Å²) in [5.41, 5.74) is 8.59. The topological polar surface area (TPSA) is 120 Å². The van der Waals surface area contributed by atoms with E-state index < -0.39 is 10.8 Å². The quantitative estimate of drug-likeness (QED) is 0.518. The van der Waals surface area contributed by atoms with Crippen molar-refractivity contribution in [3.05, 3.63) is 91.9 Å². The molecule has 0 amide bonds. The van der Waals surface area contributed by atoms with Crippen LogP contribution in [-0.4, -0.2) is 14.7 Å². The summed E-state index contributed by atoms with van der Waals surface area (Å²) < 4.78 is 7.33. The number of nitro benzene ring substituents is 1. The largest absolute Gasteiger partial charge is 0.422 e. The Kier molecular flexibility index (Phi) is 4.45. The number of benzene rings is 2. The number of non-ortho nitro benzene ring substituents is 1. The Bertz CT molecular complexity index is 1230. The molecule has 0 fully saturated rings. The lowest BCUT2D eigenvalue weighted by Gasteiger charge is -2.24. The summed E-state index contributed by atoms with van der Waals surface area (Å²) in [5, 5.41) is 26.0. The number of rotatable bonds is 3. The summed E-state index contributed by atoms with van der Waals surface area (Å²) in [4.78, 5) is 10.8. The van der Waals surface area contributed by atoms with E-state index in [1.807, 2.05) is 6.07 Å². The van der Waals surface area contributed by atoms with Crippen molar-refractivity contribution in [3.8, 4) is 17.6 Å². The molecule has 8 nitrogen and oxygen atoms in total. The second-order valence-electron chi connectivity index (χ2n) is 6.47. The fourth-order valence-corrected chi connectivity index (χ4v) is 3.63. The number of halogens is 1. The number of nitro groups is 1. The highest BCUT2D eigenvalue weighted by Gasteiger charge is 2.36. The maximum atomic E-state index is 11.2. The SMILES string of the molecule is Cc1nn(-c2cccc(Cl)c2)c2c1C(c1cccc([N+](=O)[O-])c1)C(C#N)=C(N)O2. The fourth-order valence-electron chi connectivity index (χ4n) is 3.45. The molecule has 0 aliphatic carbocycles. The van der Waals surface area contributed by atoms with E-state index in [1.54, 1.807) is 41.9 Å². The van der Waals surface area contributed by atoms with Crippen LogP contribution in [-0.2, 0) is 0 Å². The summed E-state index contributed by atoms with van der Waals surface area (Å²) in [7, 11) is 0. The molecule has 0 radical (unpaired) electrons. The van der Waals surface area contributed by atoms with Crippen molar-refractivity contribution >= 4 is 17.3 Å². The summed E-state index contributed by atoms with van der Waals surface area (Å²) in [6.07, 6.45) is 0. The molecule has 0 saturated heterocycles. The minimum atomic E-state index is -0.642. The zero-order chi connectivity index (χ0) is 20.7. The molecule has 4 rings (SSSR count). The van der Waals surface area contributed by atoms with E-state index in [9.17, 15) is 15.4 Å². The molecule has 0 saturated carbocycles. The van der Waals surface area contributed by atoms with Gasteiger partial charge in [0, 0.05) is 17.2 Å². The van der Waals surface area contributed by atoms with Crippen molar-refractivity contribution in [1.82, 2.24) is 9.78 Å². The number of ether oxygens (including phenoxy) is 1. The lowest BCUT2D eigenvalue weighted by atomic mass is 9.84. The molecule has 3 aromatic rings. The monoisotopic (exact) mass is 407 g/mol. The van der Waals surface area contributed by atoms with Crippen LogP contribution in [0.4, 0.5) is 5.69 Å². The smallest absolute Gasteiger partial charge is 0.269 e. The molecule has 2 aromatic carbocycles. The predicted molar refractivity (Wildman–Crippen MR) is 106 cm³/mol. The van der Waals surface area contributed by atoms with Crippen LogP contribution in [0.1, 0.15) is 22.7 Å². The van der Waals surface area contributed by atoms with Crippen molar-refractivity contribution in [2.45, 2.75) is 12.8 Å². The van der Waals surface area contributed by atoms with Gasteiger partial charge in [0.1, 0.15) is 11.6 Å².